The maximum absolute atomic E-state index is 14.9. The first-order valence-corrected chi connectivity index (χ1v) is 16.5. The quantitative estimate of drug-likeness (QED) is 0.482. The van der Waals surface area contributed by atoms with Gasteiger partial charge in [-0.15, -0.1) is 0 Å². The van der Waals surface area contributed by atoms with Gasteiger partial charge in [0.25, 0.3) is 0 Å². The summed E-state index contributed by atoms with van der Waals surface area (Å²) in [6, 6.07) is 18.0. The van der Waals surface area contributed by atoms with Gasteiger partial charge in [0, 0.05) is 25.7 Å². The monoisotopic (exact) mass is 609 g/mol. The molecule has 236 valence electrons. The van der Waals surface area contributed by atoms with Crippen molar-refractivity contribution in [3.05, 3.63) is 96.1 Å². The summed E-state index contributed by atoms with van der Waals surface area (Å²) < 4.78 is 7.04. The first-order chi connectivity index (χ1) is 21.9. The van der Waals surface area contributed by atoms with Crippen LogP contribution >= 0.6 is 0 Å². The lowest BCUT2D eigenvalue weighted by Crippen LogP contribution is -2.60. The lowest BCUT2D eigenvalue weighted by molar-refractivity contribution is -0.157. The summed E-state index contributed by atoms with van der Waals surface area (Å²) in [5, 5.41) is 10.8. The molecule has 1 unspecified atom stereocenters. The fourth-order valence-corrected chi connectivity index (χ4v) is 8.73. The number of rotatable bonds is 7. The van der Waals surface area contributed by atoms with Gasteiger partial charge in [0.1, 0.15) is 11.6 Å². The van der Waals surface area contributed by atoms with Crippen molar-refractivity contribution in [2.75, 3.05) is 19.7 Å². The Kier molecular flexibility index (Phi) is 7.90. The van der Waals surface area contributed by atoms with Crippen LogP contribution in [0.4, 0.5) is 0 Å². The second-order valence-electron chi connectivity index (χ2n) is 13.6. The van der Waals surface area contributed by atoms with E-state index in [0.29, 0.717) is 26.1 Å². The summed E-state index contributed by atoms with van der Waals surface area (Å²) in [5.41, 5.74) is -0.447. The summed E-state index contributed by atoms with van der Waals surface area (Å²) in [4.78, 5) is 49.7. The van der Waals surface area contributed by atoms with Crippen LogP contribution in [0.1, 0.15) is 50.2 Å². The Morgan fingerprint density at radius 3 is 2.18 bits per heavy atom. The molecule has 4 aliphatic heterocycles. The van der Waals surface area contributed by atoms with Crippen molar-refractivity contribution in [2.45, 2.75) is 81.3 Å². The van der Waals surface area contributed by atoms with Crippen LogP contribution in [0.2, 0.25) is 0 Å². The average molecular weight is 610 g/mol. The number of aliphatic hydroxyl groups excluding tert-OH is 1. The zero-order valence-electron chi connectivity index (χ0n) is 26.0. The highest BCUT2D eigenvalue weighted by Crippen LogP contribution is 2.58. The molecule has 2 saturated heterocycles. The van der Waals surface area contributed by atoms with Gasteiger partial charge in [-0.25, -0.2) is 0 Å². The second kappa shape index (κ2) is 11.9. The van der Waals surface area contributed by atoms with Crippen molar-refractivity contribution in [1.29, 1.82) is 0 Å². The summed E-state index contributed by atoms with van der Waals surface area (Å²) >= 11 is 0. The van der Waals surface area contributed by atoms with Crippen molar-refractivity contribution in [2.24, 2.45) is 11.8 Å². The van der Waals surface area contributed by atoms with Gasteiger partial charge in [-0.2, -0.15) is 0 Å². The normalized spacial score (nSPS) is 32.3. The number of benzene rings is 2. The van der Waals surface area contributed by atoms with Crippen molar-refractivity contribution in [1.82, 2.24) is 14.7 Å². The molecule has 3 fully saturated rings. The zero-order valence-corrected chi connectivity index (χ0v) is 26.0. The minimum atomic E-state index is -1.34. The smallest absolute Gasteiger partial charge is 0.249 e. The highest BCUT2D eigenvalue weighted by atomic mass is 16.5. The fraction of sp³-hybridized carbons (Fsp3) is 0.486. The molecule has 2 aromatic rings. The predicted molar refractivity (Wildman–Crippen MR) is 170 cm³/mol. The molecular formula is C37H43N3O5. The number of hydrogen-bond donors (Lipinski definition) is 1. The Morgan fingerprint density at radius 2 is 1.49 bits per heavy atom. The van der Waals surface area contributed by atoms with E-state index in [-0.39, 0.29) is 30.4 Å². The van der Waals surface area contributed by atoms with E-state index < -0.39 is 35.1 Å². The van der Waals surface area contributed by atoms with Crippen LogP contribution in [0.25, 0.3) is 0 Å². The largest absolute Gasteiger partial charge is 0.394 e. The Balaban J connectivity index is 1.31. The molecule has 5 aliphatic rings. The summed E-state index contributed by atoms with van der Waals surface area (Å²) in [7, 11) is 0. The van der Waals surface area contributed by atoms with E-state index in [1.807, 2.05) is 96.8 Å². The molecule has 1 saturated carbocycles. The number of ether oxygens (including phenoxy) is 1. The van der Waals surface area contributed by atoms with Gasteiger partial charge in [-0.1, -0.05) is 104 Å². The van der Waals surface area contributed by atoms with Crippen LogP contribution in [0, 0.1) is 11.8 Å². The molecule has 0 radical (unpaired) electrons. The molecule has 1 aliphatic carbocycles. The number of likely N-dealkylation sites (tertiary alicyclic amines) is 1. The van der Waals surface area contributed by atoms with E-state index >= 15 is 0 Å². The number of amides is 3. The van der Waals surface area contributed by atoms with Gasteiger partial charge >= 0.3 is 0 Å². The Bertz CT molecular complexity index is 1490. The number of aliphatic hydroxyl groups is 1. The van der Waals surface area contributed by atoms with E-state index in [1.54, 1.807) is 9.80 Å². The molecule has 45 heavy (non-hydrogen) atoms. The van der Waals surface area contributed by atoms with Gasteiger partial charge in [-0.3, -0.25) is 14.4 Å². The van der Waals surface area contributed by atoms with Crippen molar-refractivity contribution in [3.8, 4) is 0 Å². The molecule has 1 N–H and O–H groups in total. The van der Waals surface area contributed by atoms with Crippen LogP contribution in [-0.2, 0) is 32.1 Å². The van der Waals surface area contributed by atoms with E-state index in [4.69, 9.17) is 4.74 Å². The molecular weight excluding hydrogens is 566 g/mol. The standard InChI is InChI=1S/C37H43N3O5/c1-36-19-11-21-38(24-27-15-7-3-8-16-27)33(42)30(36)31-34(43)40(29(25-41)23-26-13-5-2-6-14-26)32-35(44)39(28-17-9-4-10-18-28)22-12-20-37(31,32)45-36/h2-3,5-8,11-16,19-20,28-32,41H,4,9-10,17-18,21-25H2,1H3/t29-,30+,31+,32?,36-,37+/m1/s1. The first kappa shape index (κ1) is 29.9. The SMILES string of the molecule is C[C@@]12C=CCN(Cc3ccccc3)C(=O)[C@@H]1[C@H]1C(=O)N([C@@H](CO)Cc3ccccc3)C3C(=O)N(C4CCCCC4)CC=C[C@@]31O2. The van der Waals surface area contributed by atoms with Crippen molar-refractivity contribution >= 4 is 17.7 Å². The molecule has 2 aromatic carbocycles. The third kappa shape index (κ3) is 5.03. The topological polar surface area (TPSA) is 90.4 Å². The third-order valence-electron chi connectivity index (χ3n) is 10.8. The molecule has 8 nitrogen and oxygen atoms in total. The van der Waals surface area contributed by atoms with Gasteiger partial charge in [-0.05, 0) is 37.3 Å². The fourth-order valence-electron chi connectivity index (χ4n) is 8.73. The second-order valence-corrected chi connectivity index (χ2v) is 13.6. The molecule has 8 heteroatoms. The Morgan fingerprint density at radius 1 is 0.822 bits per heavy atom. The van der Waals surface area contributed by atoms with Gasteiger partial charge < -0.3 is 24.5 Å². The zero-order chi connectivity index (χ0) is 31.2. The molecule has 0 bridgehead atoms. The number of carbonyl (C=O) groups is 3. The highest BCUT2D eigenvalue weighted by molar-refractivity contribution is 6.00. The summed E-state index contributed by atoms with van der Waals surface area (Å²) in [6.45, 7) is 2.83. The van der Waals surface area contributed by atoms with E-state index in [1.165, 1.54) is 0 Å². The first-order valence-electron chi connectivity index (χ1n) is 16.5. The lowest BCUT2D eigenvalue weighted by atomic mass is 9.74. The molecule has 4 heterocycles. The van der Waals surface area contributed by atoms with E-state index in [9.17, 15) is 19.5 Å². The third-order valence-corrected chi connectivity index (χ3v) is 10.8. The Labute approximate surface area is 265 Å². The predicted octanol–water partition coefficient (Wildman–Crippen LogP) is 3.89. The van der Waals surface area contributed by atoms with Crippen LogP contribution in [0.5, 0.6) is 0 Å². The maximum Gasteiger partial charge on any atom is 0.249 e. The van der Waals surface area contributed by atoms with Crippen molar-refractivity contribution in [3.63, 3.8) is 0 Å². The minimum Gasteiger partial charge on any atom is -0.394 e. The van der Waals surface area contributed by atoms with Gasteiger partial charge in [0.15, 0.2) is 0 Å². The van der Waals surface area contributed by atoms with Gasteiger partial charge in [0.05, 0.1) is 30.1 Å². The summed E-state index contributed by atoms with van der Waals surface area (Å²) in [5.74, 6) is -2.32. The van der Waals surface area contributed by atoms with E-state index in [0.717, 1.165) is 43.2 Å². The molecule has 6 atom stereocenters. The average Bonchev–Trinajstić information content (AvgIpc) is 3.34. The molecule has 7 rings (SSSR count). The number of nitrogens with zero attached hydrogens (tertiary/aromatic N) is 3. The Hall–Kier alpha value is -3.75. The number of hydrogen-bond acceptors (Lipinski definition) is 5. The lowest BCUT2D eigenvalue weighted by Gasteiger charge is -2.42. The molecule has 3 amide bonds. The van der Waals surface area contributed by atoms with Crippen LogP contribution in [0.3, 0.4) is 0 Å². The minimum absolute atomic E-state index is 0.0918. The number of carbonyl (C=O) groups excluding carboxylic acids is 3. The van der Waals surface area contributed by atoms with E-state index in [2.05, 4.69) is 0 Å². The van der Waals surface area contributed by atoms with Gasteiger partial charge in [0.2, 0.25) is 17.7 Å². The number of fused-ring (bicyclic) bond motifs is 2. The van der Waals surface area contributed by atoms with Crippen molar-refractivity contribution < 1.29 is 24.2 Å². The molecule has 1 spiro atoms. The summed E-state index contributed by atoms with van der Waals surface area (Å²) in [6.07, 6.45) is 13.3. The highest BCUT2D eigenvalue weighted by Gasteiger charge is 2.75. The molecule has 0 aromatic heterocycles. The van der Waals surface area contributed by atoms with Crippen LogP contribution < -0.4 is 0 Å². The van der Waals surface area contributed by atoms with Crippen LogP contribution in [0.15, 0.2) is 85.0 Å². The maximum atomic E-state index is 14.9. The van der Waals surface area contributed by atoms with Crippen LogP contribution in [-0.4, -0.2) is 86.6 Å².